The Kier molecular flexibility index (Phi) is 2.23. The highest BCUT2D eigenvalue weighted by atomic mass is 16.3. The second kappa shape index (κ2) is 3.16. The van der Waals surface area contributed by atoms with Crippen LogP contribution in [0.25, 0.3) is 6.08 Å². The number of aliphatic hydroxyl groups is 1. The summed E-state index contributed by atoms with van der Waals surface area (Å²) >= 11 is 0. The molecule has 0 aliphatic carbocycles. The third kappa shape index (κ3) is 1.56. The predicted octanol–water partition coefficient (Wildman–Crippen LogP) is 0.799. The maximum Gasteiger partial charge on any atom is 0.123 e. The molecule has 1 aromatic heterocycles. The molecule has 0 aliphatic rings. The van der Waals surface area contributed by atoms with Gasteiger partial charge in [0.2, 0.25) is 0 Å². The molecule has 3 N–H and O–H groups in total. The van der Waals surface area contributed by atoms with Crippen LogP contribution < -0.4 is 5.73 Å². The summed E-state index contributed by atoms with van der Waals surface area (Å²) in [5.41, 5.74) is 6.98. The highest BCUT2D eigenvalue weighted by Crippen LogP contribution is 2.11. The number of aromatic nitrogens is 1. The Labute approximate surface area is 65.2 Å². The van der Waals surface area contributed by atoms with E-state index in [4.69, 9.17) is 10.8 Å². The molecule has 0 fully saturated rings. The van der Waals surface area contributed by atoms with Gasteiger partial charge in [-0.2, -0.15) is 0 Å². The molecule has 11 heavy (non-hydrogen) atoms. The van der Waals surface area contributed by atoms with Crippen LogP contribution in [-0.2, 0) is 6.61 Å². The van der Waals surface area contributed by atoms with Crippen LogP contribution in [0.5, 0.6) is 0 Å². The summed E-state index contributed by atoms with van der Waals surface area (Å²) in [6.07, 6.45) is 3.23. The van der Waals surface area contributed by atoms with E-state index in [1.54, 1.807) is 18.3 Å². The van der Waals surface area contributed by atoms with Crippen LogP contribution in [0.3, 0.4) is 0 Å². The van der Waals surface area contributed by atoms with Gasteiger partial charge in [0.05, 0.1) is 6.61 Å². The summed E-state index contributed by atoms with van der Waals surface area (Å²) < 4.78 is 0. The molecule has 58 valence electrons. The molecule has 3 heteroatoms. The minimum atomic E-state index is -0.0337. The third-order valence-corrected chi connectivity index (χ3v) is 1.44. The number of hydrogen-bond acceptors (Lipinski definition) is 3. The van der Waals surface area contributed by atoms with Crippen molar-refractivity contribution >= 4 is 11.9 Å². The van der Waals surface area contributed by atoms with Crippen molar-refractivity contribution in [3.8, 4) is 0 Å². The van der Waals surface area contributed by atoms with Crippen LogP contribution in [0.2, 0.25) is 0 Å². The number of nitrogens with zero attached hydrogens (tertiary/aromatic N) is 1. The first-order chi connectivity index (χ1) is 5.27. The van der Waals surface area contributed by atoms with Crippen molar-refractivity contribution in [2.75, 3.05) is 5.73 Å². The number of nitrogens with two attached hydrogens (primary N) is 1. The normalized spacial score (nSPS) is 9.55. The summed E-state index contributed by atoms with van der Waals surface area (Å²) in [7, 11) is 0. The largest absolute Gasteiger partial charge is 0.392 e. The Morgan fingerprint density at radius 3 is 3.00 bits per heavy atom. The first-order valence-electron chi connectivity index (χ1n) is 3.25. The minimum absolute atomic E-state index is 0.0337. The van der Waals surface area contributed by atoms with E-state index >= 15 is 0 Å². The summed E-state index contributed by atoms with van der Waals surface area (Å²) in [5.74, 6) is 0.416. The van der Waals surface area contributed by atoms with Crippen LogP contribution in [0, 0.1) is 0 Å². The number of anilines is 1. The average molecular weight is 150 g/mol. The zero-order chi connectivity index (χ0) is 8.27. The molecule has 0 unspecified atom stereocenters. The number of nitrogen functional groups attached to an aromatic ring is 1. The second-order valence-electron chi connectivity index (χ2n) is 2.17. The van der Waals surface area contributed by atoms with Crippen LogP contribution in [0.15, 0.2) is 18.8 Å². The van der Waals surface area contributed by atoms with E-state index in [9.17, 15) is 0 Å². The second-order valence-corrected chi connectivity index (χ2v) is 2.17. The molecule has 1 heterocycles. The molecule has 1 aromatic rings. The van der Waals surface area contributed by atoms with E-state index in [1.165, 1.54) is 0 Å². The van der Waals surface area contributed by atoms with Gasteiger partial charge < -0.3 is 10.8 Å². The first kappa shape index (κ1) is 7.75. The molecular formula is C8H10N2O. The van der Waals surface area contributed by atoms with Gasteiger partial charge in [-0.3, -0.25) is 0 Å². The van der Waals surface area contributed by atoms with Crippen molar-refractivity contribution in [3.63, 3.8) is 0 Å². The molecular weight excluding hydrogens is 140 g/mol. The molecule has 0 aromatic carbocycles. The Morgan fingerprint density at radius 2 is 2.45 bits per heavy atom. The molecule has 0 atom stereocenters. The van der Waals surface area contributed by atoms with Gasteiger partial charge in [-0.15, -0.1) is 0 Å². The lowest BCUT2D eigenvalue weighted by Gasteiger charge is -2.01. The van der Waals surface area contributed by atoms with Gasteiger partial charge in [-0.25, -0.2) is 4.98 Å². The van der Waals surface area contributed by atoms with Crippen molar-refractivity contribution in [1.29, 1.82) is 0 Å². The topological polar surface area (TPSA) is 59.1 Å². The van der Waals surface area contributed by atoms with Gasteiger partial charge >= 0.3 is 0 Å². The Hall–Kier alpha value is -1.35. The maximum absolute atomic E-state index is 8.84. The number of rotatable bonds is 2. The van der Waals surface area contributed by atoms with E-state index < -0.39 is 0 Å². The lowest BCUT2D eigenvalue weighted by molar-refractivity contribution is 0.281. The lowest BCUT2D eigenvalue weighted by Crippen LogP contribution is -1.95. The fourth-order valence-corrected chi connectivity index (χ4v) is 0.847. The van der Waals surface area contributed by atoms with Crippen molar-refractivity contribution in [3.05, 3.63) is 30.0 Å². The number of aliphatic hydroxyl groups excluding tert-OH is 1. The highest BCUT2D eigenvalue weighted by Gasteiger charge is 1.97. The molecule has 0 bridgehead atoms. The van der Waals surface area contributed by atoms with Gasteiger partial charge in [0.15, 0.2) is 0 Å². The van der Waals surface area contributed by atoms with Gasteiger partial charge in [0.25, 0.3) is 0 Å². The lowest BCUT2D eigenvalue weighted by atomic mass is 10.1. The fraction of sp³-hybridized carbons (Fsp3) is 0.125. The summed E-state index contributed by atoms with van der Waals surface area (Å²) in [6, 6.07) is 1.64. The monoisotopic (exact) mass is 150 g/mol. The van der Waals surface area contributed by atoms with Gasteiger partial charge in [-0.05, 0) is 17.2 Å². The molecule has 1 rings (SSSR count). The first-order valence-corrected chi connectivity index (χ1v) is 3.25. The minimum Gasteiger partial charge on any atom is -0.392 e. The van der Waals surface area contributed by atoms with E-state index in [0.29, 0.717) is 5.82 Å². The smallest absolute Gasteiger partial charge is 0.123 e. The Balaban J connectivity index is 3.16. The molecule has 0 saturated heterocycles. The van der Waals surface area contributed by atoms with Crippen molar-refractivity contribution in [2.24, 2.45) is 0 Å². The molecule has 0 radical (unpaired) electrons. The van der Waals surface area contributed by atoms with Crippen molar-refractivity contribution in [2.45, 2.75) is 6.61 Å². The van der Waals surface area contributed by atoms with Gasteiger partial charge in [-0.1, -0.05) is 12.7 Å². The standard InChI is InChI=1S/C8H10N2O/c1-2-6-4-10-8(9)3-7(6)5-11/h2-4,11H,1,5H2,(H2,9,10). The zero-order valence-corrected chi connectivity index (χ0v) is 6.12. The average Bonchev–Trinajstić information content (AvgIpc) is 2.04. The summed E-state index contributed by atoms with van der Waals surface area (Å²) in [4.78, 5) is 3.85. The third-order valence-electron chi connectivity index (χ3n) is 1.44. The molecule has 3 nitrogen and oxygen atoms in total. The van der Waals surface area contributed by atoms with E-state index in [1.807, 2.05) is 0 Å². The van der Waals surface area contributed by atoms with E-state index in [0.717, 1.165) is 11.1 Å². The quantitative estimate of drug-likeness (QED) is 0.655. The van der Waals surface area contributed by atoms with Crippen LogP contribution >= 0.6 is 0 Å². The number of hydrogen-bond donors (Lipinski definition) is 2. The molecule has 0 aliphatic heterocycles. The maximum atomic E-state index is 8.84. The van der Waals surface area contributed by atoms with Gasteiger partial charge in [0, 0.05) is 6.20 Å². The highest BCUT2D eigenvalue weighted by molar-refractivity contribution is 5.53. The van der Waals surface area contributed by atoms with Crippen molar-refractivity contribution in [1.82, 2.24) is 4.98 Å². The molecule has 0 spiro atoms. The summed E-state index contributed by atoms with van der Waals surface area (Å²) in [6.45, 7) is 3.54. The van der Waals surface area contributed by atoms with E-state index in [2.05, 4.69) is 11.6 Å². The summed E-state index contributed by atoms with van der Waals surface area (Å²) in [5, 5.41) is 8.84. The predicted molar refractivity (Wildman–Crippen MR) is 44.7 cm³/mol. The fourth-order valence-electron chi connectivity index (χ4n) is 0.847. The number of pyridine rings is 1. The van der Waals surface area contributed by atoms with E-state index in [-0.39, 0.29) is 6.61 Å². The molecule has 0 saturated carbocycles. The zero-order valence-electron chi connectivity index (χ0n) is 6.12. The van der Waals surface area contributed by atoms with Gasteiger partial charge in [0.1, 0.15) is 5.82 Å². The Morgan fingerprint density at radius 1 is 1.73 bits per heavy atom. The van der Waals surface area contributed by atoms with Crippen LogP contribution in [-0.4, -0.2) is 10.1 Å². The van der Waals surface area contributed by atoms with Crippen molar-refractivity contribution < 1.29 is 5.11 Å². The van der Waals surface area contributed by atoms with Crippen LogP contribution in [0.1, 0.15) is 11.1 Å². The SMILES string of the molecule is C=Cc1cnc(N)cc1CO. The molecule has 0 amide bonds. The Bertz CT molecular complexity index is 271. The van der Waals surface area contributed by atoms with Crippen LogP contribution in [0.4, 0.5) is 5.82 Å².